The summed E-state index contributed by atoms with van der Waals surface area (Å²) in [5, 5.41) is 7.93. The molecule has 0 saturated carbocycles. The van der Waals surface area contributed by atoms with Crippen LogP contribution in [0, 0.1) is 0 Å². The minimum absolute atomic E-state index is 0.615. The van der Waals surface area contributed by atoms with Crippen molar-refractivity contribution >= 4 is 33.3 Å². The standard InChI is InChI=1S/C11H12BrClN4/c1-17-9(3-5-16-17)2-4-14-11-10(13)6-8(12)7-15-11/h3,5-7H,2,4H2,1H3,(H,14,15). The quantitative estimate of drug-likeness (QED) is 0.943. The molecule has 0 saturated heterocycles. The van der Waals surface area contributed by atoms with E-state index in [0.29, 0.717) is 10.8 Å². The number of nitrogens with one attached hydrogen (secondary N) is 1. The summed E-state index contributed by atoms with van der Waals surface area (Å²) in [5.41, 5.74) is 1.17. The molecule has 4 nitrogen and oxygen atoms in total. The average Bonchev–Trinajstić information content (AvgIpc) is 2.68. The molecule has 0 aromatic carbocycles. The second-order valence-electron chi connectivity index (χ2n) is 3.61. The first-order chi connectivity index (χ1) is 8.16. The second kappa shape index (κ2) is 5.51. The third-order valence-corrected chi connectivity index (χ3v) is 3.13. The molecule has 0 aliphatic carbocycles. The summed E-state index contributed by atoms with van der Waals surface area (Å²) in [6.07, 6.45) is 4.39. The predicted octanol–water partition coefficient (Wildman–Crippen LogP) is 2.89. The van der Waals surface area contributed by atoms with E-state index in [1.54, 1.807) is 12.4 Å². The van der Waals surface area contributed by atoms with Crippen LogP contribution in [0.15, 0.2) is 29.0 Å². The fourth-order valence-corrected chi connectivity index (χ4v) is 2.20. The van der Waals surface area contributed by atoms with E-state index < -0.39 is 0 Å². The van der Waals surface area contributed by atoms with Crippen LogP contribution in [-0.4, -0.2) is 21.3 Å². The van der Waals surface area contributed by atoms with Crippen molar-refractivity contribution < 1.29 is 0 Å². The molecule has 0 atom stereocenters. The zero-order valence-corrected chi connectivity index (χ0v) is 11.7. The predicted molar refractivity (Wildman–Crippen MR) is 72.3 cm³/mol. The Bertz CT molecular complexity index is 512. The lowest BCUT2D eigenvalue weighted by atomic mass is 10.3. The molecule has 2 rings (SSSR count). The number of hydrogen-bond acceptors (Lipinski definition) is 3. The van der Waals surface area contributed by atoms with Crippen LogP contribution in [0.5, 0.6) is 0 Å². The summed E-state index contributed by atoms with van der Waals surface area (Å²) in [6, 6.07) is 3.82. The smallest absolute Gasteiger partial charge is 0.144 e. The lowest BCUT2D eigenvalue weighted by molar-refractivity contribution is 0.711. The van der Waals surface area contributed by atoms with Crippen LogP contribution in [0.4, 0.5) is 5.82 Å². The summed E-state index contributed by atoms with van der Waals surface area (Å²) in [7, 11) is 1.93. The Morgan fingerprint density at radius 3 is 3.00 bits per heavy atom. The summed E-state index contributed by atoms with van der Waals surface area (Å²) in [6.45, 7) is 0.772. The number of pyridine rings is 1. The number of halogens is 2. The van der Waals surface area contributed by atoms with Gasteiger partial charge in [-0.25, -0.2) is 4.98 Å². The molecule has 0 aliphatic heterocycles. The Morgan fingerprint density at radius 2 is 2.35 bits per heavy atom. The molecule has 17 heavy (non-hydrogen) atoms. The molecular formula is C11H12BrClN4. The van der Waals surface area contributed by atoms with E-state index in [1.807, 2.05) is 23.9 Å². The zero-order valence-electron chi connectivity index (χ0n) is 9.32. The Hall–Kier alpha value is -1.07. The van der Waals surface area contributed by atoms with Crippen molar-refractivity contribution in [1.29, 1.82) is 0 Å². The van der Waals surface area contributed by atoms with Gasteiger partial charge in [0.25, 0.3) is 0 Å². The summed E-state index contributed by atoms with van der Waals surface area (Å²) in [5.74, 6) is 0.706. The van der Waals surface area contributed by atoms with Gasteiger partial charge in [-0.05, 0) is 28.1 Å². The van der Waals surface area contributed by atoms with Crippen LogP contribution >= 0.6 is 27.5 Å². The van der Waals surface area contributed by atoms with E-state index in [2.05, 4.69) is 31.3 Å². The van der Waals surface area contributed by atoms with Crippen LogP contribution in [0.1, 0.15) is 5.69 Å². The molecule has 0 radical (unpaired) electrons. The first-order valence-electron chi connectivity index (χ1n) is 5.18. The first-order valence-corrected chi connectivity index (χ1v) is 6.35. The Balaban J connectivity index is 1.92. The number of aryl methyl sites for hydroxylation is 1. The third kappa shape index (κ3) is 3.20. The van der Waals surface area contributed by atoms with Gasteiger partial charge in [0.05, 0.1) is 5.02 Å². The lowest BCUT2D eigenvalue weighted by Gasteiger charge is -2.07. The van der Waals surface area contributed by atoms with Crippen molar-refractivity contribution in [2.24, 2.45) is 7.05 Å². The lowest BCUT2D eigenvalue weighted by Crippen LogP contribution is -2.09. The molecule has 2 aromatic heterocycles. The highest BCUT2D eigenvalue weighted by molar-refractivity contribution is 9.10. The van der Waals surface area contributed by atoms with E-state index in [-0.39, 0.29) is 0 Å². The van der Waals surface area contributed by atoms with Gasteiger partial charge in [0, 0.05) is 42.6 Å². The topological polar surface area (TPSA) is 42.7 Å². The van der Waals surface area contributed by atoms with E-state index in [1.165, 1.54) is 5.69 Å². The monoisotopic (exact) mass is 314 g/mol. The summed E-state index contributed by atoms with van der Waals surface area (Å²) < 4.78 is 2.73. The maximum atomic E-state index is 6.05. The molecule has 90 valence electrons. The first kappa shape index (κ1) is 12.4. The van der Waals surface area contributed by atoms with Gasteiger partial charge < -0.3 is 5.32 Å². The van der Waals surface area contributed by atoms with Gasteiger partial charge in [-0.2, -0.15) is 5.10 Å². The minimum atomic E-state index is 0.615. The van der Waals surface area contributed by atoms with Crippen LogP contribution < -0.4 is 5.32 Å². The van der Waals surface area contributed by atoms with Gasteiger partial charge in [-0.15, -0.1) is 0 Å². The highest BCUT2D eigenvalue weighted by atomic mass is 79.9. The largest absolute Gasteiger partial charge is 0.368 e. The Morgan fingerprint density at radius 1 is 1.53 bits per heavy atom. The SMILES string of the molecule is Cn1nccc1CCNc1ncc(Br)cc1Cl. The van der Waals surface area contributed by atoms with Crippen molar-refractivity contribution in [3.05, 3.63) is 39.7 Å². The van der Waals surface area contributed by atoms with Gasteiger partial charge >= 0.3 is 0 Å². The van der Waals surface area contributed by atoms with Gasteiger partial charge in [0.15, 0.2) is 0 Å². The van der Waals surface area contributed by atoms with Crippen LogP contribution in [-0.2, 0) is 13.5 Å². The molecule has 6 heteroatoms. The van der Waals surface area contributed by atoms with Crippen LogP contribution in [0.3, 0.4) is 0 Å². The molecule has 0 aliphatic rings. The van der Waals surface area contributed by atoms with Crippen LogP contribution in [0.2, 0.25) is 5.02 Å². The van der Waals surface area contributed by atoms with Gasteiger partial charge in [-0.1, -0.05) is 11.6 Å². The second-order valence-corrected chi connectivity index (χ2v) is 4.93. The molecule has 0 amide bonds. The van der Waals surface area contributed by atoms with Crippen LogP contribution in [0.25, 0.3) is 0 Å². The molecular weight excluding hydrogens is 304 g/mol. The summed E-state index contributed by atoms with van der Waals surface area (Å²) >= 11 is 9.37. The fourth-order valence-electron chi connectivity index (χ4n) is 1.50. The van der Waals surface area contributed by atoms with E-state index >= 15 is 0 Å². The third-order valence-electron chi connectivity index (χ3n) is 2.40. The molecule has 2 heterocycles. The number of nitrogens with zero attached hydrogens (tertiary/aromatic N) is 3. The van der Waals surface area contributed by atoms with E-state index in [0.717, 1.165) is 17.4 Å². The molecule has 0 fully saturated rings. The molecule has 2 aromatic rings. The number of anilines is 1. The number of aromatic nitrogens is 3. The minimum Gasteiger partial charge on any atom is -0.368 e. The van der Waals surface area contributed by atoms with Crippen molar-refractivity contribution in [3.8, 4) is 0 Å². The van der Waals surface area contributed by atoms with Gasteiger partial charge in [-0.3, -0.25) is 4.68 Å². The van der Waals surface area contributed by atoms with Crippen molar-refractivity contribution in [3.63, 3.8) is 0 Å². The Labute approximate surface area is 113 Å². The maximum Gasteiger partial charge on any atom is 0.144 e. The fraction of sp³-hybridized carbons (Fsp3) is 0.273. The van der Waals surface area contributed by atoms with Crippen molar-refractivity contribution in [2.45, 2.75) is 6.42 Å². The zero-order chi connectivity index (χ0) is 12.3. The van der Waals surface area contributed by atoms with Gasteiger partial charge in [0.1, 0.15) is 5.82 Å². The molecule has 0 bridgehead atoms. The maximum absolute atomic E-state index is 6.05. The van der Waals surface area contributed by atoms with Crippen molar-refractivity contribution in [2.75, 3.05) is 11.9 Å². The molecule has 1 N–H and O–H groups in total. The van der Waals surface area contributed by atoms with E-state index in [9.17, 15) is 0 Å². The van der Waals surface area contributed by atoms with Gasteiger partial charge in [0.2, 0.25) is 0 Å². The number of rotatable bonds is 4. The molecule has 0 unspecified atom stereocenters. The highest BCUT2D eigenvalue weighted by Crippen LogP contribution is 2.22. The average molecular weight is 316 g/mol. The Kier molecular flexibility index (Phi) is 4.02. The summed E-state index contributed by atoms with van der Waals surface area (Å²) in [4.78, 5) is 4.21. The van der Waals surface area contributed by atoms with Crippen molar-refractivity contribution in [1.82, 2.24) is 14.8 Å². The van der Waals surface area contributed by atoms with E-state index in [4.69, 9.17) is 11.6 Å². The molecule has 0 spiro atoms. The highest BCUT2D eigenvalue weighted by Gasteiger charge is 2.03. The number of hydrogen-bond donors (Lipinski definition) is 1. The normalized spacial score (nSPS) is 10.5.